The number of methoxy groups -OCH3 is 2. The highest BCUT2D eigenvalue weighted by Crippen LogP contribution is 2.34. The monoisotopic (exact) mass is 809 g/mol. The molecule has 22 nitrogen and oxygen atoms in total. The van der Waals surface area contributed by atoms with Gasteiger partial charge in [-0.05, 0) is 13.3 Å². The van der Waals surface area contributed by atoms with E-state index in [4.69, 9.17) is 52.5 Å². The molecule has 1 radical (unpaired) electrons. The summed E-state index contributed by atoms with van der Waals surface area (Å²) in [6.45, 7) is 1.92. The predicted octanol–water partition coefficient (Wildman–Crippen LogP) is -6.76. The molecule has 20 atom stereocenters. The van der Waals surface area contributed by atoms with Crippen LogP contribution in [0.4, 0.5) is 0 Å². The molecule has 4 heterocycles. The summed E-state index contributed by atoms with van der Waals surface area (Å²) >= 11 is 0. The first-order valence-electron chi connectivity index (χ1n) is 18.1. The lowest BCUT2D eigenvalue weighted by atomic mass is 9.94. The molecule has 20 unspecified atom stereocenters. The van der Waals surface area contributed by atoms with Crippen molar-refractivity contribution in [2.75, 3.05) is 60.5 Å². The minimum absolute atomic E-state index is 0.281. The Balaban J connectivity index is 0.00000152. The summed E-state index contributed by atoms with van der Waals surface area (Å²) in [7, 11) is 2.50. The molecule has 4 aliphatic rings. The Bertz CT molecular complexity index is 1040. The molecule has 4 rings (SSSR count). The van der Waals surface area contributed by atoms with Crippen molar-refractivity contribution in [1.82, 2.24) is 0 Å². The van der Waals surface area contributed by atoms with E-state index in [0.29, 0.717) is 0 Å². The van der Waals surface area contributed by atoms with Crippen LogP contribution in [0.1, 0.15) is 19.8 Å². The van der Waals surface area contributed by atoms with Crippen LogP contribution in [0.15, 0.2) is 0 Å². The van der Waals surface area contributed by atoms with Gasteiger partial charge in [-0.15, -0.1) is 0 Å². The molecule has 0 spiro atoms. The number of rotatable bonds is 17. The second kappa shape index (κ2) is 23.6. The zero-order valence-corrected chi connectivity index (χ0v) is 31.1. The lowest BCUT2D eigenvalue weighted by molar-refractivity contribution is -0.381. The zero-order valence-electron chi connectivity index (χ0n) is 31.1. The SMILES string of the molecule is COC1C(CO)OC(OCC2OC(OC3C(CO)OC(C)C(O)C3O)C(O)C(O)C2OC2OC(CO)C(OC)C(O)C2OCCO)C(O)C1O.[CH2]CCCO. The first-order chi connectivity index (χ1) is 26.3. The Morgan fingerprint density at radius 2 is 0.964 bits per heavy atom. The fourth-order valence-electron chi connectivity index (χ4n) is 6.66. The summed E-state index contributed by atoms with van der Waals surface area (Å²) in [6.07, 6.45) is -27.7. The number of unbranched alkanes of at least 4 members (excludes halogenated alkanes) is 1. The van der Waals surface area contributed by atoms with Gasteiger partial charge in [-0.1, -0.05) is 13.3 Å². The zero-order chi connectivity index (χ0) is 41.0. The van der Waals surface area contributed by atoms with Crippen LogP contribution in [0.5, 0.6) is 0 Å². The van der Waals surface area contributed by atoms with Gasteiger partial charge < -0.3 is 109 Å². The highest BCUT2D eigenvalue weighted by Gasteiger charge is 2.54. The summed E-state index contributed by atoms with van der Waals surface area (Å²) < 4.78 is 56.4. The average Bonchev–Trinajstić information content (AvgIpc) is 3.18. The molecule has 0 aromatic rings. The van der Waals surface area contributed by atoms with Gasteiger partial charge >= 0.3 is 0 Å². The third-order valence-corrected chi connectivity index (χ3v) is 9.72. The first-order valence-corrected chi connectivity index (χ1v) is 18.1. The maximum Gasteiger partial charge on any atom is 0.187 e. The van der Waals surface area contributed by atoms with Gasteiger partial charge in [-0.3, -0.25) is 0 Å². The summed E-state index contributed by atoms with van der Waals surface area (Å²) in [6, 6.07) is 0. The summed E-state index contributed by atoms with van der Waals surface area (Å²) in [5.41, 5.74) is 0. The van der Waals surface area contributed by atoms with Crippen molar-refractivity contribution < 1.29 is 109 Å². The van der Waals surface area contributed by atoms with E-state index in [2.05, 4.69) is 6.92 Å². The second-order valence-corrected chi connectivity index (χ2v) is 13.4. The summed E-state index contributed by atoms with van der Waals surface area (Å²) in [4.78, 5) is 0. The van der Waals surface area contributed by atoms with E-state index >= 15 is 0 Å². The molecule has 0 aromatic carbocycles. The Morgan fingerprint density at radius 3 is 1.49 bits per heavy atom. The van der Waals surface area contributed by atoms with E-state index in [1.807, 2.05) is 0 Å². The van der Waals surface area contributed by atoms with Crippen molar-refractivity contribution in [3.8, 4) is 0 Å². The second-order valence-electron chi connectivity index (χ2n) is 13.4. The van der Waals surface area contributed by atoms with E-state index < -0.39 is 156 Å². The quantitative estimate of drug-likeness (QED) is 0.0650. The topological polar surface area (TPSA) is 335 Å². The van der Waals surface area contributed by atoms with Crippen molar-refractivity contribution in [2.24, 2.45) is 0 Å². The summed E-state index contributed by atoms with van der Waals surface area (Å²) in [5, 5.41) is 123. The lowest BCUT2D eigenvalue weighted by Gasteiger charge is -2.49. The van der Waals surface area contributed by atoms with Gasteiger partial charge in [0.05, 0.1) is 45.7 Å². The largest absolute Gasteiger partial charge is 0.396 e. The molecule has 0 aromatic heterocycles. The van der Waals surface area contributed by atoms with Crippen LogP contribution >= 0.6 is 0 Å². The van der Waals surface area contributed by atoms with Crippen LogP contribution in [0, 0.1) is 6.92 Å². The number of aliphatic hydroxyl groups excluding tert-OH is 12. The molecule has 22 heteroatoms. The highest BCUT2D eigenvalue weighted by atomic mass is 16.8. The maximum absolute atomic E-state index is 11.4. The van der Waals surface area contributed by atoms with Crippen LogP contribution in [0.3, 0.4) is 0 Å². The van der Waals surface area contributed by atoms with Crippen molar-refractivity contribution in [1.29, 1.82) is 0 Å². The van der Waals surface area contributed by atoms with Crippen molar-refractivity contribution in [3.63, 3.8) is 0 Å². The summed E-state index contributed by atoms with van der Waals surface area (Å²) in [5.74, 6) is 0. The number of hydrogen-bond donors (Lipinski definition) is 12. The number of aliphatic hydroxyl groups is 12. The Labute approximate surface area is 318 Å². The van der Waals surface area contributed by atoms with Crippen LogP contribution in [0.2, 0.25) is 0 Å². The van der Waals surface area contributed by atoms with Crippen LogP contribution in [-0.4, -0.2) is 244 Å². The van der Waals surface area contributed by atoms with Crippen LogP contribution in [0.25, 0.3) is 0 Å². The molecule has 4 saturated heterocycles. The van der Waals surface area contributed by atoms with Gasteiger partial charge in [0, 0.05) is 20.8 Å². The van der Waals surface area contributed by atoms with Gasteiger partial charge in [0.1, 0.15) is 97.7 Å². The van der Waals surface area contributed by atoms with E-state index in [0.717, 1.165) is 12.8 Å². The third kappa shape index (κ3) is 11.9. The average molecular weight is 810 g/mol. The molecular formula is C33H61O22. The fourth-order valence-corrected chi connectivity index (χ4v) is 6.66. The van der Waals surface area contributed by atoms with Gasteiger partial charge in [-0.2, -0.15) is 0 Å². The fraction of sp³-hybridized carbons (Fsp3) is 0.970. The lowest BCUT2D eigenvalue weighted by Crippen LogP contribution is -2.67. The molecule has 12 N–H and O–H groups in total. The number of ether oxygens (including phenoxy) is 10. The van der Waals surface area contributed by atoms with Crippen LogP contribution in [-0.2, 0) is 47.4 Å². The van der Waals surface area contributed by atoms with Gasteiger partial charge in [0.2, 0.25) is 0 Å². The minimum Gasteiger partial charge on any atom is -0.396 e. The van der Waals surface area contributed by atoms with Gasteiger partial charge in [-0.25, -0.2) is 0 Å². The van der Waals surface area contributed by atoms with E-state index in [1.54, 1.807) is 0 Å². The minimum atomic E-state index is -1.95. The number of hydrogen-bond acceptors (Lipinski definition) is 22. The molecule has 4 aliphatic heterocycles. The van der Waals surface area contributed by atoms with E-state index in [-0.39, 0.29) is 13.2 Å². The highest BCUT2D eigenvalue weighted by molar-refractivity contribution is 4.98. The van der Waals surface area contributed by atoms with Crippen molar-refractivity contribution in [2.45, 2.75) is 142 Å². The Hall–Kier alpha value is -0.880. The normalized spacial score (nSPS) is 45.2. The van der Waals surface area contributed by atoms with Gasteiger partial charge in [0.15, 0.2) is 18.9 Å². The van der Waals surface area contributed by atoms with E-state index in [9.17, 15) is 56.2 Å². The standard InChI is InChI=1S/C29H52O21.C4H9O/c1-10-15(34)16(35)24(13(8-33)45-10)49-28-20(39)18(37)25(50-29-26(43-5-4-30)21(40)23(42-3)12(7-32)47-29)14(48-28)9-44-27-19(38)17(36)22(41-2)11(6-31)46-27;1-2-3-4-5/h10-40H,4-9H2,1-3H3;5H,1-4H2. The van der Waals surface area contributed by atoms with Crippen molar-refractivity contribution >= 4 is 0 Å². The molecule has 4 fully saturated rings. The van der Waals surface area contributed by atoms with E-state index in [1.165, 1.54) is 21.1 Å². The molecule has 0 saturated carbocycles. The Kier molecular flexibility index (Phi) is 20.8. The molecule has 325 valence electrons. The smallest absolute Gasteiger partial charge is 0.187 e. The molecule has 0 bridgehead atoms. The van der Waals surface area contributed by atoms with Crippen LogP contribution < -0.4 is 0 Å². The Morgan fingerprint density at radius 1 is 0.491 bits per heavy atom. The molecule has 0 amide bonds. The maximum atomic E-state index is 11.4. The van der Waals surface area contributed by atoms with Crippen molar-refractivity contribution in [3.05, 3.63) is 6.92 Å². The third-order valence-electron chi connectivity index (χ3n) is 9.72. The first kappa shape index (κ1) is 48.5. The molecular weight excluding hydrogens is 748 g/mol. The molecule has 55 heavy (non-hydrogen) atoms. The van der Waals surface area contributed by atoms with Gasteiger partial charge in [0.25, 0.3) is 0 Å². The molecule has 0 aliphatic carbocycles. The predicted molar refractivity (Wildman–Crippen MR) is 179 cm³/mol.